The van der Waals surface area contributed by atoms with Crippen molar-refractivity contribution in [3.63, 3.8) is 0 Å². The number of carbonyl (C=O) groups is 1. The van der Waals surface area contributed by atoms with Gasteiger partial charge in [0.25, 0.3) is 5.91 Å². The average Bonchev–Trinajstić information content (AvgIpc) is 2.74. The van der Waals surface area contributed by atoms with Crippen LogP contribution in [0.3, 0.4) is 0 Å². The van der Waals surface area contributed by atoms with E-state index in [1.54, 1.807) is 16.2 Å². The number of carbonyl (C=O) groups excluding carboxylic acids is 1. The van der Waals surface area contributed by atoms with Gasteiger partial charge in [-0.2, -0.15) is 0 Å². The lowest BCUT2D eigenvalue weighted by atomic mass is 9.82. The Hall–Kier alpha value is -1.39. The maximum atomic E-state index is 12.6. The first-order chi connectivity index (χ1) is 9.56. The Balaban J connectivity index is 1.79. The summed E-state index contributed by atoms with van der Waals surface area (Å²) in [5, 5.41) is 10.5. The number of hydrogen-bond donors (Lipinski definition) is 1. The smallest absolute Gasteiger partial charge is 0.263 e. The topological polar surface area (TPSA) is 40.5 Å². The molecule has 0 bridgehead atoms. The molecule has 1 N–H and O–H groups in total. The van der Waals surface area contributed by atoms with Gasteiger partial charge in [0.15, 0.2) is 0 Å². The lowest BCUT2D eigenvalue weighted by Gasteiger charge is -2.34. The summed E-state index contributed by atoms with van der Waals surface area (Å²) in [7, 11) is 1.86. The van der Waals surface area contributed by atoms with Crippen molar-refractivity contribution >= 4 is 27.3 Å². The zero-order valence-corrected chi connectivity index (χ0v) is 12.6. The summed E-state index contributed by atoms with van der Waals surface area (Å²) in [4.78, 5) is 15.2. The third kappa shape index (κ3) is 2.34. The van der Waals surface area contributed by atoms with Gasteiger partial charge in [0.05, 0.1) is 11.0 Å². The Kier molecular flexibility index (Phi) is 3.52. The van der Waals surface area contributed by atoms with Crippen LogP contribution in [0.15, 0.2) is 24.3 Å². The zero-order chi connectivity index (χ0) is 14.3. The van der Waals surface area contributed by atoms with Crippen LogP contribution in [-0.2, 0) is 0 Å². The van der Waals surface area contributed by atoms with E-state index < -0.39 is 0 Å². The molecule has 1 aliphatic carbocycles. The summed E-state index contributed by atoms with van der Waals surface area (Å²) < 4.78 is 1.17. The molecule has 1 heterocycles. The van der Waals surface area contributed by atoms with Crippen molar-refractivity contribution in [1.29, 1.82) is 0 Å². The number of rotatable bonds is 3. The fraction of sp³-hybridized carbons (Fsp3) is 0.438. The molecule has 0 unspecified atom stereocenters. The minimum Gasteiger partial charge on any atom is -0.393 e. The lowest BCUT2D eigenvalue weighted by molar-refractivity contribution is 0.0266. The van der Waals surface area contributed by atoms with Crippen molar-refractivity contribution in [2.24, 2.45) is 5.92 Å². The van der Waals surface area contributed by atoms with Gasteiger partial charge < -0.3 is 10.0 Å². The molecule has 2 aromatic rings. The van der Waals surface area contributed by atoms with E-state index in [4.69, 9.17) is 0 Å². The standard InChI is InChI=1S/C16H19NO2S/c1-10-13-5-3-4-6-14(13)20-15(10)16(19)17(2)9-11-7-12(18)8-11/h3-6,11-12,18H,7-9H2,1-2H3. The SMILES string of the molecule is Cc1c(C(=O)N(C)CC2CC(O)C2)sc2ccccc12. The maximum absolute atomic E-state index is 12.6. The number of thiophene rings is 1. The van der Waals surface area contributed by atoms with Gasteiger partial charge >= 0.3 is 0 Å². The normalized spacial score (nSPS) is 21.8. The molecule has 0 atom stereocenters. The van der Waals surface area contributed by atoms with E-state index in [0.717, 1.165) is 29.8 Å². The second kappa shape index (κ2) is 5.19. The van der Waals surface area contributed by atoms with Crippen molar-refractivity contribution in [1.82, 2.24) is 4.90 Å². The van der Waals surface area contributed by atoms with Gasteiger partial charge in [0, 0.05) is 18.3 Å². The third-order valence-corrected chi connectivity index (χ3v) is 5.39. The highest BCUT2D eigenvalue weighted by Crippen LogP contribution is 2.32. The number of amides is 1. The van der Waals surface area contributed by atoms with Gasteiger partial charge in [-0.15, -0.1) is 11.3 Å². The Morgan fingerprint density at radius 3 is 2.75 bits per heavy atom. The fourth-order valence-corrected chi connectivity index (χ4v) is 4.08. The number of aryl methyl sites for hydroxylation is 1. The number of nitrogens with zero attached hydrogens (tertiary/aromatic N) is 1. The van der Waals surface area contributed by atoms with Crippen molar-refractivity contribution in [3.05, 3.63) is 34.7 Å². The third-order valence-electron chi connectivity index (χ3n) is 4.13. The highest BCUT2D eigenvalue weighted by Gasteiger charge is 2.30. The van der Waals surface area contributed by atoms with E-state index in [2.05, 4.69) is 12.1 Å². The van der Waals surface area contributed by atoms with Crippen LogP contribution in [0.25, 0.3) is 10.1 Å². The first-order valence-corrected chi connectivity index (χ1v) is 7.79. The lowest BCUT2D eigenvalue weighted by Crippen LogP contribution is -2.39. The summed E-state index contributed by atoms with van der Waals surface area (Å²) >= 11 is 1.57. The van der Waals surface area contributed by atoms with Crippen LogP contribution >= 0.6 is 11.3 Å². The highest BCUT2D eigenvalue weighted by atomic mass is 32.1. The van der Waals surface area contributed by atoms with Crippen LogP contribution < -0.4 is 0 Å². The fourth-order valence-electron chi connectivity index (χ4n) is 2.87. The Morgan fingerprint density at radius 2 is 2.10 bits per heavy atom. The van der Waals surface area contributed by atoms with Crippen molar-refractivity contribution < 1.29 is 9.90 Å². The van der Waals surface area contributed by atoms with Gasteiger partial charge in [0.1, 0.15) is 0 Å². The van der Waals surface area contributed by atoms with Crippen LogP contribution in [0, 0.1) is 12.8 Å². The maximum Gasteiger partial charge on any atom is 0.263 e. The first-order valence-electron chi connectivity index (χ1n) is 6.98. The molecule has 1 aliphatic rings. The minimum absolute atomic E-state index is 0.102. The number of hydrogen-bond acceptors (Lipinski definition) is 3. The summed E-state index contributed by atoms with van der Waals surface area (Å²) in [5.74, 6) is 0.554. The molecule has 20 heavy (non-hydrogen) atoms. The van der Waals surface area contributed by atoms with Crippen LogP contribution in [0.1, 0.15) is 28.1 Å². The van der Waals surface area contributed by atoms with Crippen molar-refractivity contribution in [2.45, 2.75) is 25.9 Å². The molecule has 106 valence electrons. The van der Waals surface area contributed by atoms with E-state index >= 15 is 0 Å². The van der Waals surface area contributed by atoms with Crippen LogP contribution in [0.4, 0.5) is 0 Å². The molecule has 0 spiro atoms. The molecule has 1 amide bonds. The summed E-state index contributed by atoms with van der Waals surface area (Å²) in [6.45, 7) is 2.76. The molecular weight excluding hydrogens is 270 g/mol. The number of aliphatic hydroxyl groups is 1. The largest absolute Gasteiger partial charge is 0.393 e. The summed E-state index contributed by atoms with van der Waals surface area (Å²) in [5.41, 5.74) is 1.08. The molecule has 4 heteroatoms. The van der Waals surface area contributed by atoms with Crippen molar-refractivity contribution in [3.8, 4) is 0 Å². The van der Waals surface area contributed by atoms with Gasteiger partial charge in [-0.3, -0.25) is 4.79 Å². The van der Waals surface area contributed by atoms with Gasteiger partial charge in [-0.1, -0.05) is 18.2 Å². The molecule has 3 nitrogen and oxygen atoms in total. The minimum atomic E-state index is -0.158. The molecule has 0 radical (unpaired) electrons. The predicted molar refractivity (Wildman–Crippen MR) is 82.3 cm³/mol. The second-order valence-corrected chi connectivity index (χ2v) is 6.78. The van der Waals surface area contributed by atoms with E-state index in [1.165, 1.54) is 10.1 Å². The monoisotopic (exact) mass is 289 g/mol. The van der Waals surface area contributed by atoms with Crippen LogP contribution in [0.5, 0.6) is 0 Å². The van der Waals surface area contributed by atoms with Gasteiger partial charge in [-0.25, -0.2) is 0 Å². The van der Waals surface area contributed by atoms with Gasteiger partial charge in [0.2, 0.25) is 0 Å². The number of aliphatic hydroxyl groups excluding tert-OH is 1. The first kappa shape index (κ1) is 13.6. The molecule has 0 aliphatic heterocycles. The molecule has 3 rings (SSSR count). The van der Waals surface area contributed by atoms with Crippen molar-refractivity contribution in [2.75, 3.05) is 13.6 Å². The molecule has 0 saturated heterocycles. The summed E-state index contributed by atoms with van der Waals surface area (Å²) in [6.07, 6.45) is 1.49. The molecule has 1 fully saturated rings. The van der Waals surface area contributed by atoms with E-state index in [1.807, 2.05) is 26.1 Å². The Morgan fingerprint density at radius 1 is 1.40 bits per heavy atom. The van der Waals surface area contributed by atoms with Crippen LogP contribution in [-0.4, -0.2) is 35.6 Å². The van der Waals surface area contributed by atoms with E-state index in [9.17, 15) is 9.90 Å². The number of fused-ring (bicyclic) bond motifs is 1. The molecule has 1 aromatic carbocycles. The van der Waals surface area contributed by atoms with Gasteiger partial charge in [-0.05, 0) is 42.7 Å². The predicted octanol–water partition coefficient (Wildman–Crippen LogP) is 3.05. The molecule has 1 saturated carbocycles. The van der Waals surface area contributed by atoms with E-state index in [0.29, 0.717) is 5.92 Å². The average molecular weight is 289 g/mol. The van der Waals surface area contributed by atoms with E-state index in [-0.39, 0.29) is 12.0 Å². The highest BCUT2D eigenvalue weighted by molar-refractivity contribution is 7.21. The zero-order valence-electron chi connectivity index (χ0n) is 11.8. The molecular formula is C16H19NO2S. The Bertz CT molecular complexity index is 643. The quantitative estimate of drug-likeness (QED) is 0.943. The Labute approximate surface area is 122 Å². The number of benzene rings is 1. The second-order valence-electron chi connectivity index (χ2n) is 5.73. The van der Waals surface area contributed by atoms with Crippen LogP contribution in [0.2, 0.25) is 0 Å². The summed E-state index contributed by atoms with van der Waals surface area (Å²) in [6, 6.07) is 8.15. The molecule has 1 aromatic heterocycles.